The molecule has 1 aromatic heterocycles. The molecule has 0 fully saturated rings. The van der Waals surface area contributed by atoms with Crippen molar-refractivity contribution in [2.24, 2.45) is 0 Å². The summed E-state index contributed by atoms with van der Waals surface area (Å²) in [4.78, 5) is 1.03. The highest BCUT2D eigenvalue weighted by Gasteiger charge is 2.32. The van der Waals surface area contributed by atoms with E-state index in [1.165, 1.54) is 6.07 Å². The van der Waals surface area contributed by atoms with Crippen molar-refractivity contribution in [3.63, 3.8) is 0 Å². The maximum Gasteiger partial charge on any atom is 0.573 e. The molecule has 0 unspecified atom stereocenters. The van der Waals surface area contributed by atoms with Crippen molar-refractivity contribution < 1.29 is 22.3 Å². The molecule has 0 aliphatic carbocycles. The zero-order chi connectivity index (χ0) is 19.4. The molecule has 0 bridgehead atoms. The van der Waals surface area contributed by atoms with Gasteiger partial charge in [-0.2, -0.15) is 0 Å². The van der Waals surface area contributed by atoms with Gasteiger partial charge in [0.25, 0.3) is 0 Å². The van der Waals surface area contributed by atoms with Gasteiger partial charge in [0.2, 0.25) is 0 Å². The van der Waals surface area contributed by atoms with Gasteiger partial charge in [-0.25, -0.2) is 0 Å². The van der Waals surface area contributed by atoms with E-state index >= 15 is 0 Å². The smallest absolute Gasteiger partial charge is 0.456 e. The number of alkyl halides is 3. The molecule has 0 saturated carbocycles. The average Bonchev–Trinajstić information content (AvgIpc) is 3.03. The van der Waals surface area contributed by atoms with Gasteiger partial charge in [0.15, 0.2) is 0 Å². The van der Waals surface area contributed by atoms with E-state index in [-0.39, 0.29) is 5.75 Å². The summed E-state index contributed by atoms with van der Waals surface area (Å²) in [6.07, 6.45) is 0.953. The third kappa shape index (κ3) is 5.01. The molecule has 2 nitrogen and oxygen atoms in total. The molecule has 3 rings (SSSR count). The van der Waals surface area contributed by atoms with Gasteiger partial charge in [-0.3, -0.25) is 0 Å². The fourth-order valence-electron chi connectivity index (χ4n) is 2.99. The number of halogens is 3. The molecule has 0 radical (unpaired) electrons. The van der Waals surface area contributed by atoms with E-state index in [1.54, 1.807) is 23.9 Å². The molecule has 144 valence electrons. The second-order valence-electron chi connectivity index (χ2n) is 6.35. The first-order valence-corrected chi connectivity index (χ1v) is 10.1. The van der Waals surface area contributed by atoms with E-state index in [2.05, 4.69) is 11.7 Å². The molecule has 0 aliphatic heterocycles. The van der Waals surface area contributed by atoms with Crippen LogP contribution in [0.4, 0.5) is 13.2 Å². The first-order valence-electron chi connectivity index (χ1n) is 8.86. The molecule has 0 aliphatic rings. The summed E-state index contributed by atoms with van der Waals surface area (Å²) in [6, 6.07) is 12.4. The monoisotopic (exact) mass is 394 g/mol. The number of ether oxygens (including phenoxy) is 1. The Morgan fingerprint density at radius 3 is 2.56 bits per heavy atom. The lowest BCUT2D eigenvalue weighted by atomic mass is 10.0. The normalized spacial score (nSPS) is 11.9. The Morgan fingerprint density at radius 1 is 1.04 bits per heavy atom. The highest BCUT2D eigenvalue weighted by molar-refractivity contribution is 7.98. The fourth-order valence-corrected chi connectivity index (χ4v) is 3.41. The van der Waals surface area contributed by atoms with Crippen molar-refractivity contribution in [1.29, 1.82) is 0 Å². The summed E-state index contributed by atoms with van der Waals surface area (Å²) in [6.45, 7) is 2.09. The molecule has 27 heavy (non-hydrogen) atoms. The van der Waals surface area contributed by atoms with Gasteiger partial charge in [-0.05, 0) is 61.1 Å². The number of hydrogen-bond acceptors (Lipinski definition) is 3. The van der Waals surface area contributed by atoms with Gasteiger partial charge in [-0.1, -0.05) is 25.8 Å². The third-order valence-electron chi connectivity index (χ3n) is 4.33. The van der Waals surface area contributed by atoms with Crippen molar-refractivity contribution >= 4 is 22.7 Å². The van der Waals surface area contributed by atoms with E-state index < -0.39 is 6.36 Å². The minimum Gasteiger partial charge on any atom is -0.456 e. The lowest BCUT2D eigenvalue weighted by Crippen LogP contribution is -2.17. The summed E-state index contributed by atoms with van der Waals surface area (Å²) >= 11 is 1.58. The van der Waals surface area contributed by atoms with Crippen LogP contribution < -0.4 is 4.74 Å². The summed E-state index contributed by atoms with van der Waals surface area (Å²) in [5.41, 5.74) is 1.77. The number of hydrogen-bond donors (Lipinski definition) is 0. The van der Waals surface area contributed by atoms with Crippen LogP contribution in [0.2, 0.25) is 0 Å². The Bertz CT molecular complexity index is 915. The van der Waals surface area contributed by atoms with Crippen molar-refractivity contribution in [3.8, 4) is 17.1 Å². The molecule has 0 saturated heterocycles. The van der Waals surface area contributed by atoms with Gasteiger partial charge in [-0.15, -0.1) is 24.9 Å². The fraction of sp³-hybridized carbons (Fsp3) is 0.333. The van der Waals surface area contributed by atoms with Gasteiger partial charge in [0.1, 0.15) is 17.1 Å². The van der Waals surface area contributed by atoms with Gasteiger partial charge in [0, 0.05) is 10.3 Å². The van der Waals surface area contributed by atoms with Crippen LogP contribution in [-0.2, 0) is 6.42 Å². The average molecular weight is 394 g/mol. The largest absolute Gasteiger partial charge is 0.573 e. The van der Waals surface area contributed by atoms with E-state index in [9.17, 15) is 13.2 Å². The highest BCUT2D eigenvalue weighted by Crippen LogP contribution is 2.38. The molecule has 0 spiro atoms. The number of rotatable bonds is 7. The lowest BCUT2D eigenvalue weighted by molar-refractivity contribution is -0.274. The van der Waals surface area contributed by atoms with E-state index in [1.807, 2.05) is 30.5 Å². The molecular weight excluding hydrogens is 373 g/mol. The predicted octanol–water partition coefficient (Wildman–Crippen LogP) is 7.45. The third-order valence-corrected chi connectivity index (χ3v) is 5.06. The van der Waals surface area contributed by atoms with Crippen molar-refractivity contribution in [2.45, 2.75) is 43.9 Å². The molecule has 0 amide bonds. The maximum atomic E-state index is 12.9. The predicted molar refractivity (Wildman–Crippen MR) is 103 cm³/mol. The quantitative estimate of drug-likeness (QED) is 0.307. The number of fused-ring (bicyclic) bond motifs is 1. The maximum absolute atomic E-state index is 12.9. The number of aryl methyl sites for hydroxylation is 1. The van der Waals surface area contributed by atoms with Gasteiger partial charge >= 0.3 is 6.36 Å². The second-order valence-corrected chi connectivity index (χ2v) is 7.23. The number of unbranched alkanes of at least 4 members (excludes halogenated alkanes) is 2. The zero-order valence-corrected chi connectivity index (χ0v) is 16.0. The Labute approximate surface area is 160 Å². The molecule has 0 atom stereocenters. The standard InChI is InChI=1S/C21H21F3O2S/c1-3-4-5-6-14-7-10-17(20(11-14)26-21(22,23)24)19-12-15-8-9-16(27-2)13-18(15)25-19/h7-13H,3-6H2,1-2H3. The highest BCUT2D eigenvalue weighted by atomic mass is 32.2. The van der Waals surface area contributed by atoms with Crippen LogP contribution in [0.1, 0.15) is 31.7 Å². The number of furan rings is 1. The minimum atomic E-state index is -4.76. The first-order chi connectivity index (χ1) is 12.9. The van der Waals surface area contributed by atoms with E-state index in [0.717, 1.165) is 41.5 Å². The number of thioether (sulfide) groups is 1. The van der Waals surface area contributed by atoms with Crippen LogP contribution in [0.3, 0.4) is 0 Å². The van der Waals surface area contributed by atoms with Crippen LogP contribution in [0.15, 0.2) is 51.8 Å². The zero-order valence-electron chi connectivity index (χ0n) is 15.2. The molecule has 6 heteroatoms. The van der Waals surface area contributed by atoms with Crippen molar-refractivity contribution in [1.82, 2.24) is 0 Å². The summed E-state index contributed by atoms with van der Waals surface area (Å²) in [7, 11) is 0. The van der Waals surface area contributed by atoms with Gasteiger partial charge in [0.05, 0.1) is 5.56 Å². The van der Waals surface area contributed by atoms with Crippen LogP contribution in [-0.4, -0.2) is 12.6 Å². The van der Waals surface area contributed by atoms with E-state index in [4.69, 9.17) is 4.42 Å². The molecule has 2 aromatic carbocycles. The molecule has 1 heterocycles. The lowest BCUT2D eigenvalue weighted by Gasteiger charge is -2.13. The summed E-state index contributed by atoms with van der Waals surface area (Å²) in [5.74, 6) is 0.142. The van der Waals surface area contributed by atoms with Crippen molar-refractivity contribution in [3.05, 3.63) is 48.0 Å². The van der Waals surface area contributed by atoms with Crippen LogP contribution >= 0.6 is 11.8 Å². The van der Waals surface area contributed by atoms with Crippen LogP contribution in [0, 0.1) is 0 Å². The first kappa shape index (κ1) is 19.7. The Balaban J connectivity index is 1.99. The summed E-state index contributed by atoms with van der Waals surface area (Å²) in [5, 5.41) is 0.841. The molecule has 0 N–H and O–H groups in total. The second kappa shape index (κ2) is 8.30. The Morgan fingerprint density at radius 2 is 1.85 bits per heavy atom. The topological polar surface area (TPSA) is 22.4 Å². The van der Waals surface area contributed by atoms with Crippen LogP contribution in [0.5, 0.6) is 5.75 Å². The molecule has 3 aromatic rings. The Hall–Kier alpha value is -2.08. The summed E-state index contributed by atoms with van der Waals surface area (Å²) < 4.78 is 48.9. The van der Waals surface area contributed by atoms with Crippen molar-refractivity contribution in [2.75, 3.05) is 6.26 Å². The van der Waals surface area contributed by atoms with Gasteiger partial charge < -0.3 is 9.15 Å². The number of benzene rings is 2. The van der Waals surface area contributed by atoms with E-state index in [0.29, 0.717) is 16.9 Å². The minimum absolute atomic E-state index is 0.222. The molecular formula is C21H21F3O2S. The SMILES string of the molecule is CCCCCc1ccc(-c2cc3ccc(SC)cc3o2)c(OC(F)(F)F)c1. The van der Waals surface area contributed by atoms with Crippen LogP contribution in [0.25, 0.3) is 22.3 Å². The Kier molecular flexibility index (Phi) is 6.05.